The molecule has 2 nitrogen and oxygen atoms in total. The molecule has 1 aromatic heterocycles. The number of hydrazine groups is 1. The highest BCUT2D eigenvalue weighted by atomic mass is 32.1. The lowest BCUT2D eigenvalue weighted by Crippen LogP contribution is -2.28. The summed E-state index contributed by atoms with van der Waals surface area (Å²) in [5.41, 5.74) is 5.52. The van der Waals surface area contributed by atoms with Crippen LogP contribution >= 0.6 is 11.3 Å². The van der Waals surface area contributed by atoms with E-state index in [0.29, 0.717) is 0 Å². The summed E-state index contributed by atoms with van der Waals surface area (Å²) in [5, 5.41) is 4.31. The summed E-state index contributed by atoms with van der Waals surface area (Å²) in [4.78, 5) is 0. The predicted molar refractivity (Wildman–Crippen MR) is 69.1 cm³/mol. The van der Waals surface area contributed by atoms with Crippen LogP contribution in [0.2, 0.25) is 0 Å². The molecule has 0 amide bonds. The van der Waals surface area contributed by atoms with Crippen LogP contribution in [0.3, 0.4) is 0 Å². The summed E-state index contributed by atoms with van der Waals surface area (Å²) < 4.78 is 0. The van der Waals surface area contributed by atoms with E-state index in [2.05, 4.69) is 34.4 Å². The third kappa shape index (κ3) is 2.92. The Hall–Kier alpha value is -1.16. The molecule has 1 aromatic carbocycles. The molecule has 0 fully saturated rings. The van der Waals surface area contributed by atoms with Crippen LogP contribution in [0.25, 0.3) is 0 Å². The largest absolute Gasteiger partial charge is 0.271 e. The number of nitrogens with one attached hydrogen (secondary N) is 1. The quantitative estimate of drug-likeness (QED) is 0.614. The Morgan fingerprint density at radius 1 is 1.19 bits per heavy atom. The lowest BCUT2D eigenvalue weighted by atomic mass is 10.0. The highest BCUT2D eigenvalue weighted by Crippen LogP contribution is 2.19. The minimum atomic E-state index is 0.237. The molecule has 0 radical (unpaired) electrons. The van der Waals surface area contributed by atoms with Crippen molar-refractivity contribution in [2.45, 2.75) is 18.9 Å². The smallest absolute Gasteiger partial charge is 0.0463 e. The van der Waals surface area contributed by atoms with E-state index >= 15 is 0 Å². The Balaban J connectivity index is 1.96. The first-order valence-corrected chi connectivity index (χ1v) is 6.36. The number of nitrogens with two attached hydrogens (primary N) is 1. The first kappa shape index (κ1) is 11.3. The topological polar surface area (TPSA) is 38.0 Å². The summed E-state index contributed by atoms with van der Waals surface area (Å²) in [7, 11) is 0. The van der Waals surface area contributed by atoms with E-state index in [9.17, 15) is 0 Å². The third-order valence-electron chi connectivity index (χ3n) is 2.70. The Kier molecular flexibility index (Phi) is 4.10. The van der Waals surface area contributed by atoms with E-state index in [1.807, 2.05) is 18.2 Å². The average Bonchev–Trinajstić information content (AvgIpc) is 2.84. The van der Waals surface area contributed by atoms with Gasteiger partial charge in [-0.1, -0.05) is 30.3 Å². The average molecular weight is 232 g/mol. The van der Waals surface area contributed by atoms with Crippen LogP contribution in [0.5, 0.6) is 0 Å². The van der Waals surface area contributed by atoms with E-state index in [1.165, 1.54) is 11.1 Å². The van der Waals surface area contributed by atoms with Crippen molar-refractivity contribution in [3.63, 3.8) is 0 Å². The number of hydrogen-bond acceptors (Lipinski definition) is 3. The zero-order valence-corrected chi connectivity index (χ0v) is 9.91. The lowest BCUT2D eigenvalue weighted by Gasteiger charge is -2.15. The van der Waals surface area contributed by atoms with Crippen molar-refractivity contribution in [1.29, 1.82) is 0 Å². The van der Waals surface area contributed by atoms with Gasteiger partial charge in [0.15, 0.2) is 0 Å². The molecule has 0 aliphatic rings. The van der Waals surface area contributed by atoms with Crippen LogP contribution in [0.4, 0.5) is 0 Å². The van der Waals surface area contributed by atoms with Crippen molar-refractivity contribution in [2.24, 2.45) is 5.84 Å². The van der Waals surface area contributed by atoms with Crippen molar-refractivity contribution >= 4 is 11.3 Å². The van der Waals surface area contributed by atoms with Gasteiger partial charge >= 0.3 is 0 Å². The second-order valence-electron chi connectivity index (χ2n) is 3.80. The van der Waals surface area contributed by atoms with Gasteiger partial charge in [-0.25, -0.2) is 0 Å². The van der Waals surface area contributed by atoms with Gasteiger partial charge in [-0.2, -0.15) is 11.3 Å². The molecular formula is C13H16N2S. The van der Waals surface area contributed by atoms with Gasteiger partial charge in [0.25, 0.3) is 0 Å². The maximum Gasteiger partial charge on any atom is 0.0463 e. The maximum absolute atomic E-state index is 5.60. The molecule has 1 atom stereocenters. The fraction of sp³-hybridized carbons (Fsp3) is 0.231. The molecule has 0 bridgehead atoms. The summed E-state index contributed by atoms with van der Waals surface area (Å²) in [6.07, 6.45) is 2.09. The zero-order chi connectivity index (χ0) is 11.2. The molecule has 84 valence electrons. The summed E-state index contributed by atoms with van der Waals surface area (Å²) in [6.45, 7) is 0. The number of benzene rings is 1. The van der Waals surface area contributed by atoms with Gasteiger partial charge in [0, 0.05) is 6.04 Å². The first-order valence-electron chi connectivity index (χ1n) is 5.42. The molecule has 0 saturated carbocycles. The minimum absolute atomic E-state index is 0.237. The zero-order valence-electron chi connectivity index (χ0n) is 9.10. The van der Waals surface area contributed by atoms with Crippen LogP contribution in [-0.2, 0) is 6.42 Å². The monoisotopic (exact) mass is 232 g/mol. The minimum Gasteiger partial charge on any atom is -0.271 e. The molecule has 16 heavy (non-hydrogen) atoms. The van der Waals surface area contributed by atoms with E-state index in [1.54, 1.807) is 11.3 Å². The second kappa shape index (κ2) is 5.80. The van der Waals surface area contributed by atoms with Gasteiger partial charge in [-0.05, 0) is 40.8 Å². The molecule has 0 aliphatic heterocycles. The summed E-state index contributed by atoms with van der Waals surface area (Å²) in [5.74, 6) is 5.60. The Bertz CT molecular complexity index is 397. The van der Waals surface area contributed by atoms with E-state index in [-0.39, 0.29) is 6.04 Å². The van der Waals surface area contributed by atoms with Crippen LogP contribution in [0, 0.1) is 0 Å². The normalized spacial score (nSPS) is 12.6. The SMILES string of the molecule is NNC(CCc1ccsc1)c1ccccc1. The Morgan fingerprint density at radius 2 is 2.00 bits per heavy atom. The van der Waals surface area contributed by atoms with Gasteiger partial charge in [-0.3, -0.25) is 11.3 Å². The number of rotatable bonds is 5. The predicted octanol–water partition coefficient (Wildman–Crippen LogP) is 2.89. The molecule has 0 saturated heterocycles. The molecule has 0 aliphatic carbocycles. The van der Waals surface area contributed by atoms with Gasteiger partial charge in [0.2, 0.25) is 0 Å². The standard InChI is InChI=1S/C13H16N2S/c14-15-13(12-4-2-1-3-5-12)7-6-11-8-9-16-10-11/h1-5,8-10,13,15H,6-7,14H2. The van der Waals surface area contributed by atoms with Gasteiger partial charge in [0.1, 0.15) is 0 Å². The van der Waals surface area contributed by atoms with Crippen molar-refractivity contribution in [1.82, 2.24) is 5.43 Å². The number of thiophene rings is 1. The highest BCUT2D eigenvalue weighted by Gasteiger charge is 2.08. The molecule has 2 aromatic rings. The van der Waals surface area contributed by atoms with Crippen molar-refractivity contribution < 1.29 is 0 Å². The van der Waals surface area contributed by atoms with E-state index in [4.69, 9.17) is 5.84 Å². The summed E-state index contributed by atoms with van der Waals surface area (Å²) in [6, 6.07) is 12.7. The van der Waals surface area contributed by atoms with Crippen LogP contribution in [0.15, 0.2) is 47.2 Å². The van der Waals surface area contributed by atoms with Crippen molar-refractivity contribution in [3.8, 4) is 0 Å². The van der Waals surface area contributed by atoms with Crippen LogP contribution < -0.4 is 11.3 Å². The number of hydrogen-bond donors (Lipinski definition) is 2. The van der Waals surface area contributed by atoms with Crippen LogP contribution in [-0.4, -0.2) is 0 Å². The molecule has 3 N–H and O–H groups in total. The van der Waals surface area contributed by atoms with Crippen molar-refractivity contribution in [3.05, 3.63) is 58.3 Å². The second-order valence-corrected chi connectivity index (χ2v) is 4.58. The lowest BCUT2D eigenvalue weighted by molar-refractivity contribution is 0.517. The van der Waals surface area contributed by atoms with Crippen molar-refractivity contribution in [2.75, 3.05) is 0 Å². The fourth-order valence-corrected chi connectivity index (χ4v) is 2.48. The summed E-state index contributed by atoms with van der Waals surface area (Å²) >= 11 is 1.74. The maximum atomic E-state index is 5.60. The highest BCUT2D eigenvalue weighted by molar-refractivity contribution is 7.07. The van der Waals surface area contributed by atoms with E-state index in [0.717, 1.165) is 12.8 Å². The number of aryl methyl sites for hydroxylation is 1. The molecular weight excluding hydrogens is 216 g/mol. The molecule has 1 unspecified atom stereocenters. The fourth-order valence-electron chi connectivity index (χ4n) is 1.78. The van der Waals surface area contributed by atoms with Crippen LogP contribution in [0.1, 0.15) is 23.6 Å². The Morgan fingerprint density at radius 3 is 2.62 bits per heavy atom. The van der Waals surface area contributed by atoms with Gasteiger partial charge in [0.05, 0.1) is 0 Å². The molecule has 0 spiro atoms. The van der Waals surface area contributed by atoms with E-state index < -0.39 is 0 Å². The third-order valence-corrected chi connectivity index (χ3v) is 3.44. The molecule has 1 heterocycles. The van der Waals surface area contributed by atoms with Gasteiger partial charge in [-0.15, -0.1) is 0 Å². The first-order chi connectivity index (χ1) is 7.90. The molecule has 3 heteroatoms. The Labute approximate surface area is 100 Å². The molecule has 2 rings (SSSR count). The van der Waals surface area contributed by atoms with Gasteiger partial charge < -0.3 is 0 Å².